The molecule has 0 unspecified atom stereocenters. The summed E-state index contributed by atoms with van der Waals surface area (Å²) in [6.07, 6.45) is 0.406. The van der Waals surface area contributed by atoms with Crippen molar-refractivity contribution in [2.45, 2.75) is 27.2 Å². The molecular weight excluding hydrogens is 392 g/mol. The van der Waals surface area contributed by atoms with E-state index in [1.165, 1.54) is 23.0 Å². The van der Waals surface area contributed by atoms with Crippen LogP contribution in [0, 0.1) is 32.4 Å². The molecule has 1 aliphatic heterocycles. The van der Waals surface area contributed by atoms with Gasteiger partial charge < -0.3 is 9.80 Å². The highest BCUT2D eigenvalue weighted by atomic mass is 32.1. The topological polar surface area (TPSA) is 36.4 Å². The van der Waals surface area contributed by atoms with Gasteiger partial charge in [0.05, 0.1) is 11.1 Å². The van der Waals surface area contributed by atoms with E-state index in [0.717, 1.165) is 22.8 Å². The second kappa shape index (κ2) is 7.71. The van der Waals surface area contributed by atoms with Crippen LogP contribution >= 0.6 is 11.3 Å². The number of thiazole rings is 1. The fourth-order valence-electron chi connectivity index (χ4n) is 3.98. The molecule has 29 heavy (non-hydrogen) atoms. The average Bonchev–Trinajstić information content (AvgIpc) is 3.09. The Kier molecular flexibility index (Phi) is 5.25. The fraction of sp³-hybridized carbons (Fsp3) is 0.364. The first-order chi connectivity index (χ1) is 13.8. The van der Waals surface area contributed by atoms with Crippen LogP contribution in [0.1, 0.15) is 22.3 Å². The molecule has 0 saturated carbocycles. The van der Waals surface area contributed by atoms with Gasteiger partial charge >= 0.3 is 0 Å². The predicted molar refractivity (Wildman–Crippen MR) is 113 cm³/mol. The SMILES string of the molecule is Cc1cc(C)c(CC(=O)N2CCN(c3nc4c(F)cc(F)cc4s3)CC2)c(C)c1. The van der Waals surface area contributed by atoms with Crippen LogP contribution in [0.4, 0.5) is 13.9 Å². The van der Waals surface area contributed by atoms with Gasteiger partial charge in [0.1, 0.15) is 11.3 Å². The molecule has 1 saturated heterocycles. The highest BCUT2D eigenvalue weighted by molar-refractivity contribution is 7.22. The number of anilines is 1. The van der Waals surface area contributed by atoms with Gasteiger partial charge in [0.25, 0.3) is 0 Å². The summed E-state index contributed by atoms with van der Waals surface area (Å²) in [5, 5.41) is 0.668. The first-order valence-electron chi connectivity index (χ1n) is 9.67. The van der Waals surface area contributed by atoms with Crippen molar-refractivity contribution in [2.75, 3.05) is 31.1 Å². The molecule has 4 nitrogen and oxygen atoms in total. The Bertz CT molecular complexity index is 1060. The molecule has 1 aromatic heterocycles. The van der Waals surface area contributed by atoms with Crippen molar-refractivity contribution >= 4 is 32.6 Å². The number of fused-ring (bicyclic) bond motifs is 1. The number of aromatic nitrogens is 1. The number of hydrogen-bond acceptors (Lipinski definition) is 4. The molecule has 1 amide bonds. The van der Waals surface area contributed by atoms with Gasteiger partial charge in [-0.15, -0.1) is 0 Å². The van der Waals surface area contributed by atoms with Crippen LogP contribution in [0.3, 0.4) is 0 Å². The van der Waals surface area contributed by atoms with Gasteiger partial charge in [0.2, 0.25) is 5.91 Å². The number of benzene rings is 2. The highest BCUT2D eigenvalue weighted by Gasteiger charge is 2.24. The second-order valence-electron chi connectivity index (χ2n) is 7.65. The van der Waals surface area contributed by atoms with Gasteiger partial charge in [-0.05, 0) is 43.5 Å². The van der Waals surface area contributed by atoms with Crippen molar-refractivity contribution in [1.82, 2.24) is 9.88 Å². The van der Waals surface area contributed by atoms with Crippen molar-refractivity contribution in [3.8, 4) is 0 Å². The third-order valence-corrected chi connectivity index (χ3v) is 6.54. The minimum absolute atomic E-state index is 0.122. The second-order valence-corrected chi connectivity index (χ2v) is 8.66. The first-order valence-corrected chi connectivity index (χ1v) is 10.5. The Morgan fingerprint density at radius 2 is 1.69 bits per heavy atom. The van der Waals surface area contributed by atoms with Crippen LogP contribution in [0.2, 0.25) is 0 Å². The van der Waals surface area contributed by atoms with Gasteiger partial charge in [0, 0.05) is 32.2 Å². The molecule has 0 aliphatic carbocycles. The molecule has 0 spiro atoms. The molecule has 1 aliphatic rings. The van der Waals surface area contributed by atoms with E-state index in [2.05, 4.69) is 37.9 Å². The smallest absolute Gasteiger partial charge is 0.227 e. The van der Waals surface area contributed by atoms with Gasteiger partial charge in [0.15, 0.2) is 10.9 Å². The lowest BCUT2D eigenvalue weighted by molar-refractivity contribution is -0.130. The van der Waals surface area contributed by atoms with E-state index in [0.29, 0.717) is 42.4 Å². The predicted octanol–water partition coefficient (Wildman–Crippen LogP) is 4.39. The number of halogens is 2. The van der Waals surface area contributed by atoms with Crippen molar-refractivity contribution in [3.63, 3.8) is 0 Å². The molecule has 1 fully saturated rings. The molecule has 2 heterocycles. The van der Waals surface area contributed by atoms with Crippen molar-refractivity contribution in [2.24, 2.45) is 0 Å². The maximum absolute atomic E-state index is 13.9. The summed E-state index contributed by atoms with van der Waals surface area (Å²) in [6, 6.07) is 6.40. The number of rotatable bonds is 3. The Labute approximate surface area is 172 Å². The van der Waals surface area contributed by atoms with E-state index >= 15 is 0 Å². The van der Waals surface area contributed by atoms with Crippen LogP contribution in [0.25, 0.3) is 10.2 Å². The number of aryl methyl sites for hydroxylation is 3. The molecule has 0 radical (unpaired) electrons. The van der Waals surface area contributed by atoms with Gasteiger partial charge in [-0.1, -0.05) is 29.0 Å². The van der Waals surface area contributed by atoms with Crippen molar-refractivity contribution in [1.29, 1.82) is 0 Å². The molecule has 0 N–H and O–H groups in total. The number of carbonyl (C=O) groups excluding carboxylic acids is 1. The molecule has 7 heteroatoms. The fourth-order valence-corrected chi connectivity index (χ4v) is 5.04. The largest absolute Gasteiger partial charge is 0.345 e. The molecule has 2 aromatic carbocycles. The van der Waals surface area contributed by atoms with E-state index in [-0.39, 0.29) is 11.4 Å². The minimum Gasteiger partial charge on any atom is -0.345 e. The monoisotopic (exact) mass is 415 g/mol. The Morgan fingerprint density at radius 1 is 1.03 bits per heavy atom. The quantitative estimate of drug-likeness (QED) is 0.637. The standard InChI is InChI=1S/C22H23F2N3OS/c1-13-8-14(2)17(15(3)9-13)12-20(28)26-4-6-27(7-5-26)22-25-21-18(24)10-16(23)11-19(21)29-22/h8-11H,4-7,12H2,1-3H3. The molecule has 3 aromatic rings. The minimum atomic E-state index is -0.639. The molecule has 0 atom stereocenters. The van der Waals surface area contributed by atoms with Crippen LogP contribution < -0.4 is 4.90 Å². The van der Waals surface area contributed by atoms with E-state index < -0.39 is 11.6 Å². The van der Waals surface area contributed by atoms with Crippen molar-refractivity contribution < 1.29 is 13.6 Å². The van der Waals surface area contributed by atoms with Crippen LogP contribution in [-0.2, 0) is 11.2 Å². The number of piperazine rings is 1. The maximum atomic E-state index is 13.9. The van der Waals surface area contributed by atoms with E-state index in [4.69, 9.17) is 0 Å². The summed E-state index contributed by atoms with van der Waals surface area (Å²) in [5.41, 5.74) is 4.82. The lowest BCUT2D eigenvalue weighted by Gasteiger charge is -2.34. The molecule has 152 valence electrons. The van der Waals surface area contributed by atoms with Gasteiger partial charge in [-0.3, -0.25) is 4.79 Å². The number of amides is 1. The first kappa shape index (κ1) is 19.8. The summed E-state index contributed by atoms with van der Waals surface area (Å²) in [7, 11) is 0. The third-order valence-electron chi connectivity index (χ3n) is 5.47. The highest BCUT2D eigenvalue weighted by Crippen LogP contribution is 2.31. The lowest BCUT2D eigenvalue weighted by Crippen LogP contribution is -2.49. The van der Waals surface area contributed by atoms with Crippen molar-refractivity contribution in [3.05, 3.63) is 58.2 Å². The third kappa shape index (κ3) is 3.96. The number of nitrogens with zero attached hydrogens (tertiary/aromatic N) is 3. The zero-order chi connectivity index (χ0) is 20.7. The maximum Gasteiger partial charge on any atom is 0.227 e. The summed E-state index contributed by atoms with van der Waals surface area (Å²) >= 11 is 1.28. The van der Waals surface area contributed by atoms with Crippen LogP contribution in [0.5, 0.6) is 0 Å². The number of hydrogen-bond donors (Lipinski definition) is 0. The Morgan fingerprint density at radius 3 is 2.34 bits per heavy atom. The zero-order valence-electron chi connectivity index (χ0n) is 16.8. The van der Waals surface area contributed by atoms with E-state index in [9.17, 15) is 13.6 Å². The normalized spacial score (nSPS) is 14.7. The molecular formula is C22H23F2N3OS. The summed E-state index contributed by atoms with van der Waals surface area (Å²) in [6.45, 7) is 8.60. The molecule has 4 rings (SSSR count). The van der Waals surface area contributed by atoms with Crippen LogP contribution in [-0.4, -0.2) is 42.0 Å². The summed E-state index contributed by atoms with van der Waals surface area (Å²) in [4.78, 5) is 21.1. The van der Waals surface area contributed by atoms with E-state index in [1.807, 2.05) is 9.80 Å². The average molecular weight is 416 g/mol. The molecule has 0 bridgehead atoms. The Balaban J connectivity index is 1.43. The van der Waals surface area contributed by atoms with Gasteiger partial charge in [-0.2, -0.15) is 0 Å². The van der Waals surface area contributed by atoms with Gasteiger partial charge in [-0.25, -0.2) is 13.8 Å². The summed E-state index contributed by atoms with van der Waals surface area (Å²) in [5.74, 6) is -1.11. The Hall–Kier alpha value is -2.54. The van der Waals surface area contributed by atoms with E-state index in [1.54, 1.807) is 0 Å². The van der Waals surface area contributed by atoms with Crippen LogP contribution in [0.15, 0.2) is 24.3 Å². The lowest BCUT2D eigenvalue weighted by atomic mass is 9.97. The summed E-state index contributed by atoms with van der Waals surface area (Å²) < 4.78 is 27.9. The number of carbonyl (C=O) groups is 1. The zero-order valence-corrected chi connectivity index (χ0v) is 17.6.